The number of sulfonamides is 1. The number of ether oxygens (including phenoxy) is 1. The predicted octanol–water partition coefficient (Wildman–Crippen LogP) is 2.92. The first-order valence-electron chi connectivity index (χ1n) is 9.01. The van der Waals surface area contributed by atoms with Crippen LogP contribution in [0.25, 0.3) is 10.6 Å². The molecule has 13 heteroatoms. The number of hydrogen-bond donors (Lipinski definition) is 2. The van der Waals surface area contributed by atoms with Gasteiger partial charge in [-0.2, -0.15) is 4.72 Å². The minimum Gasteiger partial charge on any atom is -0.458 e. The molecular formula is C19H17FN4O6S2. The number of esters is 1. The maximum atomic E-state index is 13.0. The molecular weight excluding hydrogens is 463 g/mol. The van der Waals surface area contributed by atoms with Crippen molar-refractivity contribution in [3.8, 4) is 10.6 Å². The zero-order chi connectivity index (χ0) is 23.3. The third-order valence-electron chi connectivity index (χ3n) is 4.18. The van der Waals surface area contributed by atoms with Crippen LogP contribution in [0.3, 0.4) is 0 Å². The maximum absolute atomic E-state index is 13.0. The third-order valence-corrected chi connectivity index (χ3v) is 6.52. The second-order valence-corrected chi connectivity index (χ2v) is 8.95. The van der Waals surface area contributed by atoms with Crippen LogP contribution >= 0.6 is 11.3 Å². The van der Waals surface area contributed by atoms with E-state index in [-0.39, 0.29) is 23.0 Å². The number of nitrogens with one attached hydrogen (secondary N) is 2. The van der Waals surface area contributed by atoms with Crippen molar-refractivity contribution in [2.45, 2.75) is 11.5 Å². The molecule has 0 aliphatic rings. The lowest BCUT2D eigenvalue weighted by Gasteiger charge is -2.08. The molecule has 10 nitrogen and oxygen atoms in total. The SMILES string of the molecule is CNc1ccc(S(=O)(=O)NCC(=O)OCc2csc(-c3ccc(F)cc3)n2)cc1[N+](=O)[O-]. The Morgan fingerprint density at radius 2 is 1.97 bits per heavy atom. The van der Waals surface area contributed by atoms with Crippen molar-refractivity contribution in [3.05, 3.63) is 69.5 Å². The Labute approximate surface area is 186 Å². The highest BCUT2D eigenvalue weighted by Gasteiger charge is 2.22. The van der Waals surface area contributed by atoms with E-state index in [2.05, 4.69) is 15.0 Å². The molecule has 0 radical (unpaired) electrons. The molecule has 0 fully saturated rings. The minimum atomic E-state index is -4.18. The number of rotatable bonds is 9. The van der Waals surface area contributed by atoms with E-state index in [1.54, 1.807) is 17.5 Å². The van der Waals surface area contributed by atoms with Crippen LogP contribution < -0.4 is 10.0 Å². The second-order valence-electron chi connectivity index (χ2n) is 6.32. The number of aromatic nitrogens is 1. The monoisotopic (exact) mass is 480 g/mol. The van der Waals surface area contributed by atoms with E-state index < -0.39 is 33.1 Å². The number of halogens is 1. The van der Waals surface area contributed by atoms with E-state index in [4.69, 9.17) is 4.74 Å². The van der Waals surface area contributed by atoms with Gasteiger partial charge < -0.3 is 10.1 Å². The van der Waals surface area contributed by atoms with Gasteiger partial charge in [0, 0.05) is 24.1 Å². The lowest BCUT2D eigenvalue weighted by molar-refractivity contribution is -0.384. The molecule has 32 heavy (non-hydrogen) atoms. The topological polar surface area (TPSA) is 141 Å². The Hall–Kier alpha value is -3.42. The summed E-state index contributed by atoms with van der Waals surface area (Å²) in [6.45, 7) is -0.848. The van der Waals surface area contributed by atoms with Crippen molar-refractivity contribution in [2.24, 2.45) is 0 Å². The lowest BCUT2D eigenvalue weighted by atomic mass is 10.2. The van der Waals surface area contributed by atoms with Gasteiger partial charge in [0.15, 0.2) is 0 Å². The van der Waals surface area contributed by atoms with Crippen LogP contribution in [0, 0.1) is 15.9 Å². The van der Waals surface area contributed by atoms with E-state index in [1.807, 2.05) is 0 Å². The number of thiazole rings is 1. The zero-order valence-electron chi connectivity index (χ0n) is 16.6. The number of anilines is 1. The molecule has 3 aromatic rings. The van der Waals surface area contributed by atoms with E-state index >= 15 is 0 Å². The van der Waals surface area contributed by atoms with Crippen LogP contribution in [0.15, 0.2) is 52.7 Å². The molecule has 0 saturated carbocycles. The van der Waals surface area contributed by atoms with Gasteiger partial charge in [-0.1, -0.05) is 0 Å². The number of nitro benzene ring substituents is 1. The Morgan fingerprint density at radius 3 is 2.62 bits per heavy atom. The standard InChI is InChI=1S/C19H17FN4O6S2/c1-21-16-7-6-15(8-17(16)24(26)27)32(28,29)22-9-18(25)30-10-14-11-31-19(23-14)12-2-4-13(20)5-3-12/h2-8,11,21-22H,9-10H2,1H3. The first-order valence-corrected chi connectivity index (χ1v) is 11.4. The lowest BCUT2D eigenvalue weighted by Crippen LogP contribution is -2.30. The molecule has 0 saturated heterocycles. The number of nitro groups is 1. The average Bonchev–Trinajstić information content (AvgIpc) is 3.25. The molecule has 3 rings (SSSR count). The Kier molecular flexibility index (Phi) is 7.12. The van der Waals surface area contributed by atoms with Crippen molar-refractivity contribution in [1.82, 2.24) is 9.71 Å². The number of nitrogens with zero attached hydrogens (tertiary/aromatic N) is 2. The van der Waals surface area contributed by atoms with Crippen LogP contribution in [-0.4, -0.2) is 37.9 Å². The largest absolute Gasteiger partial charge is 0.458 e. The average molecular weight is 480 g/mol. The van der Waals surface area contributed by atoms with Gasteiger partial charge in [0.05, 0.1) is 15.5 Å². The van der Waals surface area contributed by atoms with E-state index in [0.29, 0.717) is 16.3 Å². The van der Waals surface area contributed by atoms with Gasteiger partial charge in [-0.05, 0) is 36.4 Å². The molecule has 1 aromatic heterocycles. The van der Waals surface area contributed by atoms with Crippen LogP contribution in [0.2, 0.25) is 0 Å². The van der Waals surface area contributed by atoms with Crippen molar-refractivity contribution >= 4 is 38.7 Å². The molecule has 2 N–H and O–H groups in total. The fourth-order valence-electron chi connectivity index (χ4n) is 2.58. The summed E-state index contributed by atoms with van der Waals surface area (Å²) in [5.41, 5.74) is 0.888. The summed E-state index contributed by atoms with van der Waals surface area (Å²) >= 11 is 1.29. The van der Waals surface area contributed by atoms with Crippen molar-refractivity contribution < 1.29 is 27.3 Å². The normalized spacial score (nSPS) is 11.2. The van der Waals surface area contributed by atoms with Crippen LogP contribution in [0.5, 0.6) is 0 Å². The molecule has 168 valence electrons. The summed E-state index contributed by atoms with van der Waals surface area (Å²) in [5, 5.41) is 16.0. The van der Waals surface area contributed by atoms with Gasteiger partial charge in [0.1, 0.15) is 29.7 Å². The molecule has 1 heterocycles. The highest BCUT2D eigenvalue weighted by atomic mass is 32.2. The second kappa shape index (κ2) is 9.80. The fourth-order valence-corrected chi connectivity index (χ4v) is 4.38. The summed E-state index contributed by atoms with van der Waals surface area (Å²) in [7, 11) is -2.71. The summed E-state index contributed by atoms with van der Waals surface area (Å²) in [4.78, 5) is 26.3. The summed E-state index contributed by atoms with van der Waals surface area (Å²) in [5.74, 6) is -1.22. The Bertz CT molecular complexity index is 1240. The summed E-state index contributed by atoms with van der Waals surface area (Å²) in [6, 6.07) is 9.10. The highest BCUT2D eigenvalue weighted by Crippen LogP contribution is 2.27. The van der Waals surface area contributed by atoms with Crippen molar-refractivity contribution in [2.75, 3.05) is 18.9 Å². The number of hydrogen-bond acceptors (Lipinski definition) is 9. The minimum absolute atomic E-state index is 0.150. The molecule has 0 spiro atoms. The molecule has 0 aliphatic heterocycles. The summed E-state index contributed by atoms with van der Waals surface area (Å²) in [6.07, 6.45) is 0. The summed E-state index contributed by atoms with van der Waals surface area (Å²) < 4.78 is 44.8. The van der Waals surface area contributed by atoms with Gasteiger partial charge in [0.2, 0.25) is 10.0 Å². The molecule has 0 unspecified atom stereocenters. The van der Waals surface area contributed by atoms with E-state index in [1.165, 1.54) is 42.6 Å². The molecule has 0 amide bonds. The van der Waals surface area contributed by atoms with Crippen molar-refractivity contribution in [3.63, 3.8) is 0 Å². The van der Waals surface area contributed by atoms with Gasteiger partial charge in [0.25, 0.3) is 5.69 Å². The molecule has 2 aromatic carbocycles. The van der Waals surface area contributed by atoms with Crippen LogP contribution in [0.4, 0.5) is 15.8 Å². The first-order chi connectivity index (χ1) is 15.2. The maximum Gasteiger partial charge on any atom is 0.321 e. The smallest absolute Gasteiger partial charge is 0.321 e. The quantitative estimate of drug-likeness (QED) is 0.271. The number of carbonyl (C=O) groups excluding carboxylic acids is 1. The molecule has 0 atom stereocenters. The van der Waals surface area contributed by atoms with Crippen molar-refractivity contribution in [1.29, 1.82) is 0 Å². The predicted molar refractivity (Wildman–Crippen MR) is 115 cm³/mol. The van der Waals surface area contributed by atoms with E-state index in [0.717, 1.165) is 6.07 Å². The zero-order valence-corrected chi connectivity index (χ0v) is 18.2. The van der Waals surface area contributed by atoms with Gasteiger partial charge in [-0.3, -0.25) is 14.9 Å². The number of carbonyl (C=O) groups is 1. The van der Waals surface area contributed by atoms with Gasteiger partial charge in [-0.15, -0.1) is 11.3 Å². The molecule has 0 bridgehead atoms. The van der Waals surface area contributed by atoms with Crippen LogP contribution in [0.1, 0.15) is 5.69 Å². The Balaban J connectivity index is 1.57. The Morgan fingerprint density at radius 1 is 1.25 bits per heavy atom. The molecule has 0 aliphatic carbocycles. The van der Waals surface area contributed by atoms with Gasteiger partial charge >= 0.3 is 5.97 Å². The number of benzene rings is 2. The van der Waals surface area contributed by atoms with Crippen LogP contribution in [-0.2, 0) is 26.2 Å². The highest BCUT2D eigenvalue weighted by molar-refractivity contribution is 7.89. The third kappa shape index (κ3) is 5.63. The fraction of sp³-hybridized carbons (Fsp3) is 0.158. The van der Waals surface area contributed by atoms with Gasteiger partial charge in [-0.25, -0.2) is 17.8 Å². The first kappa shape index (κ1) is 23.2. The van der Waals surface area contributed by atoms with E-state index in [9.17, 15) is 27.7 Å².